The molecule has 0 aliphatic heterocycles. The lowest BCUT2D eigenvalue weighted by molar-refractivity contribution is 0.0759. The van der Waals surface area contributed by atoms with Gasteiger partial charge in [-0.25, -0.2) is 12.7 Å². The van der Waals surface area contributed by atoms with Crippen molar-refractivity contribution in [3.05, 3.63) is 18.2 Å². The molecule has 0 amide bonds. The fourth-order valence-corrected chi connectivity index (χ4v) is 2.49. The number of hydrogen-bond donors (Lipinski definition) is 2. The molecule has 1 rings (SSSR count). The number of nitrogens with one attached hydrogen (secondary N) is 1. The second-order valence-electron chi connectivity index (χ2n) is 4.57. The molecule has 0 aromatic heterocycles. The third-order valence-electron chi connectivity index (χ3n) is 2.80. The Labute approximate surface area is 126 Å². The molecule has 0 fully saturated rings. The highest BCUT2D eigenvalue weighted by Crippen LogP contribution is 2.23. The average Bonchev–Trinajstić information content (AvgIpc) is 2.44. The van der Waals surface area contributed by atoms with Crippen LogP contribution in [-0.2, 0) is 19.5 Å². The van der Waals surface area contributed by atoms with Gasteiger partial charge in [0.15, 0.2) is 0 Å². The summed E-state index contributed by atoms with van der Waals surface area (Å²) in [7, 11) is 1.12. The highest BCUT2D eigenvalue weighted by atomic mass is 32.2. The normalized spacial score (nSPS) is 11.8. The van der Waals surface area contributed by atoms with E-state index in [9.17, 15) is 8.42 Å². The predicted octanol–water partition coefficient (Wildman–Crippen LogP) is 0.594. The van der Waals surface area contributed by atoms with Crippen LogP contribution < -0.4 is 11.1 Å². The smallest absolute Gasteiger partial charge is 0.242 e. The molecule has 1 aromatic rings. The first-order valence-corrected chi connectivity index (χ1v) is 7.96. The third kappa shape index (κ3) is 5.16. The molecule has 0 radical (unpaired) electrons. The molecule has 8 heteroatoms. The van der Waals surface area contributed by atoms with Crippen LogP contribution in [0.2, 0.25) is 0 Å². The van der Waals surface area contributed by atoms with Gasteiger partial charge in [-0.1, -0.05) is 0 Å². The molecule has 0 atom stereocenters. The van der Waals surface area contributed by atoms with Gasteiger partial charge in [0.25, 0.3) is 0 Å². The van der Waals surface area contributed by atoms with Crippen LogP contribution in [0.4, 0.5) is 11.4 Å². The molecule has 0 saturated carbocycles. The van der Waals surface area contributed by atoms with Crippen LogP contribution in [0.25, 0.3) is 0 Å². The van der Waals surface area contributed by atoms with E-state index in [0.717, 1.165) is 4.31 Å². The summed E-state index contributed by atoms with van der Waals surface area (Å²) in [6, 6.07) is 4.59. The van der Waals surface area contributed by atoms with Gasteiger partial charge in [-0.05, 0) is 18.2 Å². The van der Waals surface area contributed by atoms with Gasteiger partial charge >= 0.3 is 0 Å². The topological polar surface area (TPSA) is 93.9 Å². The summed E-state index contributed by atoms with van der Waals surface area (Å²) < 4.78 is 35.5. The number of rotatable bonds is 9. The first-order chi connectivity index (χ1) is 9.89. The van der Waals surface area contributed by atoms with E-state index in [-0.39, 0.29) is 4.90 Å². The van der Waals surface area contributed by atoms with Crippen LogP contribution in [0.1, 0.15) is 0 Å². The maximum Gasteiger partial charge on any atom is 0.242 e. The number of methoxy groups -OCH3 is 1. The molecule has 0 bridgehead atoms. The average molecular weight is 317 g/mol. The lowest BCUT2D eigenvalue weighted by atomic mass is 10.2. The summed E-state index contributed by atoms with van der Waals surface area (Å²) in [4.78, 5) is 0.199. The van der Waals surface area contributed by atoms with Crippen LogP contribution >= 0.6 is 0 Å². The number of hydrogen-bond acceptors (Lipinski definition) is 6. The SMILES string of the molecule is COCCOCCNc1cc(S(=O)(=O)N(C)C)ccc1N. The van der Waals surface area contributed by atoms with Gasteiger partial charge in [0.05, 0.1) is 36.1 Å². The summed E-state index contributed by atoms with van der Waals surface area (Å²) in [5.74, 6) is 0. The first-order valence-electron chi connectivity index (χ1n) is 6.52. The zero-order valence-corrected chi connectivity index (χ0v) is 13.4. The number of ether oxygens (including phenoxy) is 2. The molecule has 0 saturated heterocycles. The molecule has 7 nitrogen and oxygen atoms in total. The maximum absolute atomic E-state index is 12.1. The third-order valence-corrected chi connectivity index (χ3v) is 4.61. The van der Waals surface area contributed by atoms with Gasteiger partial charge < -0.3 is 20.5 Å². The summed E-state index contributed by atoms with van der Waals surface area (Å²) in [6.07, 6.45) is 0. The van der Waals surface area contributed by atoms with Gasteiger partial charge in [0.1, 0.15) is 0 Å². The van der Waals surface area contributed by atoms with Gasteiger partial charge in [0.2, 0.25) is 10.0 Å². The highest BCUT2D eigenvalue weighted by molar-refractivity contribution is 7.89. The maximum atomic E-state index is 12.1. The lowest BCUT2D eigenvalue weighted by Crippen LogP contribution is -2.22. The minimum absolute atomic E-state index is 0.199. The lowest BCUT2D eigenvalue weighted by Gasteiger charge is -2.14. The number of nitrogens with zero attached hydrogens (tertiary/aromatic N) is 1. The van der Waals surface area contributed by atoms with Gasteiger partial charge in [-0.2, -0.15) is 0 Å². The zero-order valence-electron chi connectivity index (χ0n) is 12.6. The van der Waals surface area contributed by atoms with Crippen LogP contribution in [0, 0.1) is 0 Å². The standard InChI is InChI=1S/C13H23N3O4S/c1-16(2)21(17,18)11-4-5-12(14)13(10-11)15-6-7-20-9-8-19-3/h4-5,10,15H,6-9,14H2,1-3H3. The Morgan fingerprint density at radius 1 is 1.24 bits per heavy atom. The van der Waals surface area contributed by atoms with Crippen LogP contribution in [0.15, 0.2) is 23.1 Å². The van der Waals surface area contributed by atoms with Crippen molar-refractivity contribution in [2.45, 2.75) is 4.90 Å². The monoisotopic (exact) mass is 317 g/mol. The molecule has 1 aromatic carbocycles. The summed E-state index contributed by atoms with van der Waals surface area (Å²) in [6.45, 7) is 2.06. The van der Waals surface area contributed by atoms with Gasteiger partial charge in [-0.3, -0.25) is 0 Å². The zero-order chi connectivity index (χ0) is 15.9. The Balaban J connectivity index is 2.67. The van der Waals surface area contributed by atoms with E-state index >= 15 is 0 Å². The summed E-state index contributed by atoms with van der Waals surface area (Å²) in [5, 5.41) is 3.07. The molecule has 0 aliphatic rings. The van der Waals surface area contributed by atoms with E-state index < -0.39 is 10.0 Å². The van der Waals surface area contributed by atoms with Crippen LogP contribution in [-0.4, -0.2) is 60.3 Å². The van der Waals surface area contributed by atoms with E-state index in [1.165, 1.54) is 26.2 Å². The number of anilines is 2. The molecular formula is C13H23N3O4S. The quantitative estimate of drug-likeness (QED) is 0.511. The van der Waals surface area contributed by atoms with E-state index in [1.807, 2.05) is 0 Å². The van der Waals surface area contributed by atoms with Crippen molar-refractivity contribution in [2.24, 2.45) is 0 Å². The fourth-order valence-electron chi connectivity index (χ4n) is 1.56. The summed E-state index contributed by atoms with van der Waals surface area (Å²) >= 11 is 0. The van der Waals surface area contributed by atoms with Crippen LogP contribution in [0.3, 0.4) is 0 Å². The molecule has 3 N–H and O–H groups in total. The van der Waals surface area contributed by atoms with Crippen molar-refractivity contribution < 1.29 is 17.9 Å². The van der Waals surface area contributed by atoms with Gasteiger partial charge in [0, 0.05) is 27.7 Å². The van der Waals surface area contributed by atoms with Crippen molar-refractivity contribution in [3.63, 3.8) is 0 Å². The first kappa shape index (κ1) is 17.7. The van der Waals surface area contributed by atoms with E-state index in [4.69, 9.17) is 15.2 Å². The van der Waals surface area contributed by atoms with Crippen molar-refractivity contribution in [1.29, 1.82) is 0 Å². The van der Waals surface area contributed by atoms with Crippen molar-refractivity contribution in [1.82, 2.24) is 4.31 Å². The van der Waals surface area contributed by atoms with Crippen molar-refractivity contribution in [2.75, 3.05) is 58.6 Å². The molecule has 0 heterocycles. The minimum Gasteiger partial charge on any atom is -0.397 e. The Bertz CT molecular complexity index is 546. The Hall–Kier alpha value is -1.35. The molecular weight excluding hydrogens is 294 g/mol. The minimum atomic E-state index is -3.47. The fraction of sp³-hybridized carbons (Fsp3) is 0.538. The van der Waals surface area contributed by atoms with Crippen molar-refractivity contribution >= 4 is 21.4 Å². The highest BCUT2D eigenvalue weighted by Gasteiger charge is 2.18. The molecule has 0 unspecified atom stereocenters. The van der Waals surface area contributed by atoms with E-state index in [0.29, 0.717) is 37.7 Å². The molecule has 21 heavy (non-hydrogen) atoms. The number of nitrogen functional groups attached to an aromatic ring is 1. The molecule has 120 valence electrons. The van der Waals surface area contributed by atoms with Gasteiger partial charge in [-0.15, -0.1) is 0 Å². The number of nitrogens with two attached hydrogens (primary N) is 1. The number of benzene rings is 1. The Morgan fingerprint density at radius 2 is 1.95 bits per heavy atom. The van der Waals surface area contributed by atoms with E-state index in [1.54, 1.807) is 13.2 Å². The second kappa shape index (κ2) is 8.18. The Morgan fingerprint density at radius 3 is 2.57 bits per heavy atom. The van der Waals surface area contributed by atoms with E-state index in [2.05, 4.69) is 5.32 Å². The largest absolute Gasteiger partial charge is 0.397 e. The number of sulfonamides is 1. The molecule has 0 aliphatic carbocycles. The summed E-state index contributed by atoms with van der Waals surface area (Å²) in [5.41, 5.74) is 6.91. The van der Waals surface area contributed by atoms with Crippen LogP contribution in [0.5, 0.6) is 0 Å². The second-order valence-corrected chi connectivity index (χ2v) is 6.72. The molecule has 0 spiro atoms. The Kier molecular flexibility index (Phi) is 6.90. The predicted molar refractivity (Wildman–Crippen MR) is 82.9 cm³/mol. The van der Waals surface area contributed by atoms with Crippen molar-refractivity contribution in [3.8, 4) is 0 Å².